The zero-order valence-electron chi connectivity index (χ0n) is 19.4. The summed E-state index contributed by atoms with van der Waals surface area (Å²) in [5.41, 5.74) is 1.89. The Morgan fingerprint density at radius 2 is 1.62 bits per heavy atom. The Hall–Kier alpha value is -3.23. The molecule has 0 fully saturated rings. The van der Waals surface area contributed by atoms with Crippen molar-refractivity contribution in [2.45, 2.75) is 24.7 Å². The number of sulfonamides is 1. The molecule has 3 aromatic carbocycles. The van der Waals surface area contributed by atoms with E-state index in [1.807, 2.05) is 32.0 Å². The number of hydrogen-bond acceptors (Lipinski definition) is 5. The average Bonchev–Trinajstić information content (AvgIpc) is 2.82. The molecule has 0 aromatic heterocycles. The number of halogens is 1. The van der Waals surface area contributed by atoms with E-state index in [2.05, 4.69) is 5.32 Å². The largest absolute Gasteiger partial charge is 0.493 e. The number of rotatable bonds is 9. The molecule has 3 aromatic rings. The van der Waals surface area contributed by atoms with E-state index in [1.54, 1.807) is 30.3 Å². The smallest absolute Gasteiger partial charge is 0.264 e. The van der Waals surface area contributed by atoms with Gasteiger partial charge in [0.15, 0.2) is 11.5 Å². The summed E-state index contributed by atoms with van der Waals surface area (Å²) in [4.78, 5) is 13.0. The maximum atomic E-state index is 13.7. The lowest BCUT2D eigenvalue weighted by Gasteiger charge is -2.25. The van der Waals surface area contributed by atoms with Gasteiger partial charge in [-0.2, -0.15) is 0 Å². The Morgan fingerprint density at radius 3 is 2.24 bits per heavy atom. The lowest BCUT2D eigenvalue weighted by Crippen LogP contribution is -2.38. The lowest BCUT2D eigenvalue weighted by atomic mass is 10.0. The van der Waals surface area contributed by atoms with E-state index in [9.17, 15) is 13.2 Å². The fourth-order valence-corrected chi connectivity index (χ4v) is 5.02. The first-order valence-corrected chi connectivity index (χ1v) is 12.4. The highest BCUT2D eigenvalue weighted by molar-refractivity contribution is 7.92. The molecule has 0 saturated carbocycles. The van der Waals surface area contributed by atoms with Crippen molar-refractivity contribution in [1.29, 1.82) is 0 Å². The Bertz CT molecular complexity index is 1260. The van der Waals surface area contributed by atoms with Gasteiger partial charge in [-0.05, 0) is 53.9 Å². The van der Waals surface area contributed by atoms with Crippen LogP contribution in [0.2, 0.25) is 5.02 Å². The van der Waals surface area contributed by atoms with E-state index in [0.717, 1.165) is 9.87 Å². The number of hydrogen-bond donors (Lipinski definition) is 1. The van der Waals surface area contributed by atoms with E-state index >= 15 is 0 Å². The van der Waals surface area contributed by atoms with Gasteiger partial charge in [-0.3, -0.25) is 9.10 Å². The number of nitrogens with zero attached hydrogens (tertiary/aromatic N) is 1. The monoisotopic (exact) mass is 502 g/mol. The molecule has 1 N–H and O–H groups in total. The van der Waals surface area contributed by atoms with Gasteiger partial charge in [0.05, 0.1) is 24.8 Å². The Balaban J connectivity index is 1.99. The summed E-state index contributed by atoms with van der Waals surface area (Å²) >= 11 is 6.00. The fourth-order valence-electron chi connectivity index (χ4n) is 3.46. The van der Waals surface area contributed by atoms with Crippen molar-refractivity contribution in [3.05, 3.63) is 77.3 Å². The quantitative estimate of drug-likeness (QED) is 0.428. The molecule has 0 aliphatic heterocycles. The van der Waals surface area contributed by atoms with Gasteiger partial charge in [0, 0.05) is 16.8 Å². The van der Waals surface area contributed by atoms with Crippen molar-refractivity contribution >= 4 is 38.9 Å². The topological polar surface area (TPSA) is 84.9 Å². The third-order valence-corrected chi connectivity index (χ3v) is 7.22. The number of carbonyl (C=O) groups is 1. The van der Waals surface area contributed by atoms with E-state index in [0.29, 0.717) is 22.1 Å². The molecule has 0 aliphatic rings. The second-order valence-electron chi connectivity index (χ2n) is 7.80. The zero-order chi connectivity index (χ0) is 24.9. The van der Waals surface area contributed by atoms with Gasteiger partial charge in [-0.25, -0.2) is 8.42 Å². The van der Waals surface area contributed by atoms with E-state index in [1.165, 1.54) is 32.4 Å². The minimum atomic E-state index is -4.14. The van der Waals surface area contributed by atoms with Crippen molar-refractivity contribution in [2.24, 2.45) is 0 Å². The fraction of sp³-hybridized carbons (Fsp3) is 0.240. The van der Waals surface area contributed by atoms with Crippen LogP contribution >= 0.6 is 11.6 Å². The summed E-state index contributed by atoms with van der Waals surface area (Å²) in [6, 6.07) is 18.0. The Kier molecular flexibility index (Phi) is 8.06. The second kappa shape index (κ2) is 10.8. The van der Waals surface area contributed by atoms with Crippen molar-refractivity contribution in [2.75, 3.05) is 30.4 Å². The number of amides is 1. The summed E-state index contributed by atoms with van der Waals surface area (Å²) in [6.07, 6.45) is 0. The van der Waals surface area contributed by atoms with Crippen LogP contribution in [0.25, 0.3) is 0 Å². The number of para-hydroxylation sites is 1. The van der Waals surface area contributed by atoms with Crippen molar-refractivity contribution in [3.63, 3.8) is 0 Å². The van der Waals surface area contributed by atoms with Gasteiger partial charge in [-0.1, -0.05) is 43.6 Å². The Labute approximate surface area is 205 Å². The summed E-state index contributed by atoms with van der Waals surface area (Å²) < 4.78 is 38.8. The molecule has 0 heterocycles. The molecule has 0 unspecified atom stereocenters. The maximum absolute atomic E-state index is 13.7. The van der Waals surface area contributed by atoms with Crippen molar-refractivity contribution in [3.8, 4) is 11.5 Å². The number of anilines is 2. The number of carbonyl (C=O) groups excluding carboxylic acids is 1. The van der Waals surface area contributed by atoms with E-state index < -0.39 is 22.5 Å². The summed E-state index contributed by atoms with van der Waals surface area (Å²) in [6.45, 7) is 3.60. The summed E-state index contributed by atoms with van der Waals surface area (Å²) in [7, 11) is -1.26. The maximum Gasteiger partial charge on any atom is 0.264 e. The van der Waals surface area contributed by atoms with Crippen LogP contribution in [0, 0.1) is 0 Å². The van der Waals surface area contributed by atoms with Gasteiger partial charge < -0.3 is 14.8 Å². The number of methoxy groups -OCH3 is 2. The van der Waals surface area contributed by atoms with Crippen LogP contribution in [0.1, 0.15) is 25.3 Å². The Morgan fingerprint density at radius 1 is 0.971 bits per heavy atom. The first-order chi connectivity index (χ1) is 16.2. The highest BCUT2D eigenvalue weighted by Gasteiger charge is 2.28. The highest BCUT2D eigenvalue weighted by Crippen LogP contribution is 2.32. The predicted molar refractivity (Wildman–Crippen MR) is 135 cm³/mol. The number of benzene rings is 3. The molecule has 0 atom stereocenters. The van der Waals surface area contributed by atoms with Crippen LogP contribution in [-0.2, 0) is 14.8 Å². The molecule has 180 valence electrons. The number of ether oxygens (including phenoxy) is 2. The molecule has 34 heavy (non-hydrogen) atoms. The first kappa shape index (κ1) is 25.4. The van der Waals surface area contributed by atoms with Crippen LogP contribution in [0.4, 0.5) is 11.4 Å². The van der Waals surface area contributed by atoms with Crippen LogP contribution in [-0.4, -0.2) is 35.1 Å². The highest BCUT2D eigenvalue weighted by atomic mass is 35.5. The third-order valence-electron chi connectivity index (χ3n) is 5.20. The molecule has 0 radical (unpaired) electrons. The van der Waals surface area contributed by atoms with Crippen LogP contribution in [0.15, 0.2) is 71.6 Å². The van der Waals surface area contributed by atoms with Crippen LogP contribution < -0.4 is 19.1 Å². The molecule has 3 rings (SSSR count). The van der Waals surface area contributed by atoms with Gasteiger partial charge >= 0.3 is 0 Å². The van der Waals surface area contributed by atoms with Gasteiger partial charge in [-0.15, -0.1) is 0 Å². The molecule has 9 heteroatoms. The molecule has 1 amide bonds. The molecule has 0 saturated heterocycles. The minimum Gasteiger partial charge on any atom is -0.493 e. The van der Waals surface area contributed by atoms with E-state index in [4.69, 9.17) is 21.1 Å². The third kappa shape index (κ3) is 5.63. The van der Waals surface area contributed by atoms with Crippen molar-refractivity contribution < 1.29 is 22.7 Å². The molecule has 0 spiro atoms. The second-order valence-corrected chi connectivity index (χ2v) is 10.1. The summed E-state index contributed by atoms with van der Waals surface area (Å²) in [5.74, 6) is 0.351. The average molecular weight is 503 g/mol. The predicted octanol–water partition coefficient (Wildman–Crippen LogP) is 5.31. The van der Waals surface area contributed by atoms with Crippen LogP contribution in [0.5, 0.6) is 11.5 Å². The molecular formula is C25H27ClN2O5S. The standard InChI is InChI=1S/C25H27ClN2O5S/c1-17(2)21-7-5-6-8-22(21)27-25(29)16-28(19-11-9-18(26)10-12-19)34(30,31)20-13-14-23(32-3)24(15-20)33-4/h5-15,17H,16H2,1-4H3,(H,27,29). The van der Waals surface area contributed by atoms with Gasteiger partial charge in [0.1, 0.15) is 6.54 Å². The molecule has 0 aliphatic carbocycles. The normalized spacial score (nSPS) is 11.2. The minimum absolute atomic E-state index is 0.0459. The first-order valence-electron chi connectivity index (χ1n) is 10.6. The van der Waals surface area contributed by atoms with E-state index in [-0.39, 0.29) is 16.6 Å². The zero-order valence-corrected chi connectivity index (χ0v) is 21.0. The number of nitrogens with one attached hydrogen (secondary N) is 1. The summed E-state index contributed by atoms with van der Waals surface area (Å²) in [5, 5.41) is 3.30. The van der Waals surface area contributed by atoms with Crippen LogP contribution in [0.3, 0.4) is 0 Å². The molecular weight excluding hydrogens is 476 g/mol. The van der Waals surface area contributed by atoms with Gasteiger partial charge in [0.2, 0.25) is 5.91 Å². The molecule has 0 bridgehead atoms. The van der Waals surface area contributed by atoms with Gasteiger partial charge in [0.25, 0.3) is 10.0 Å². The SMILES string of the molecule is COc1ccc(S(=O)(=O)N(CC(=O)Nc2ccccc2C(C)C)c2ccc(Cl)cc2)cc1OC. The molecule has 7 nitrogen and oxygen atoms in total. The lowest BCUT2D eigenvalue weighted by molar-refractivity contribution is -0.114. The van der Waals surface area contributed by atoms with Crippen molar-refractivity contribution in [1.82, 2.24) is 0 Å².